The van der Waals surface area contributed by atoms with Gasteiger partial charge in [0.25, 0.3) is 0 Å². The molecule has 1 aliphatic heterocycles. The Bertz CT molecular complexity index is 450. The van der Waals surface area contributed by atoms with Crippen LogP contribution in [0.2, 0.25) is 0 Å². The first-order valence-electron chi connectivity index (χ1n) is 6.04. The number of aromatic nitrogens is 1. The maximum absolute atomic E-state index is 10.9. The molecule has 1 fully saturated rings. The largest absolute Gasteiger partial charge is 0.477 e. The quantitative estimate of drug-likeness (QED) is 0.886. The lowest BCUT2D eigenvalue weighted by molar-refractivity contribution is -0.00481. The molecule has 0 radical (unpaired) electrons. The predicted octanol–water partition coefficient (Wildman–Crippen LogP) is 1.79. The van der Waals surface area contributed by atoms with Gasteiger partial charge in [-0.1, -0.05) is 6.07 Å². The lowest BCUT2D eigenvalue weighted by Gasteiger charge is -2.40. The maximum atomic E-state index is 10.9. The normalized spacial score (nSPS) is 24.0. The van der Waals surface area contributed by atoms with Crippen LogP contribution in [-0.2, 0) is 4.74 Å². The fourth-order valence-electron chi connectivity index (χ4n) is 2.29. The van der Waals surface area contributed by atoms with Gasteiger partial charge >= 0.3 is 5.97 Å². The molecular formula is C13H18N2O3. The SMILES string of the molecule is COC1(C)CCCN(c2cccc(C(=O)O)n2)C1. The van der Waals surface area contributed by atoms with E-state index in [9.17, 15) is 4.79 Å². The van der Waals surface area contributed by atoms with Crippen molar-refractivity contribution in [3.05, 3.63) is 23.9 Å². The van der Waals surface area contributed by atoms with Crippen molar-refractivity contribution in [1.29, 1.82) is 0 Å². The Morgan fingerprint density at radius 2 is 2.33 bits per heavy atom. The van der Waals surface area contributed by atoms with Gasteiger partial charge in [-0.05, 0) is 31.9 Å². The third-order valence-corrected chi connectivity index (χ3v) is 3.43. The number of rotatable bonds is 3. The summed E-state index contributed by atoms with van der Waals surface area (Å²) in [6, 6.07) is 5.07. The second-order valence-electron chi connectivity index (χ2n) is 4.87. The molecule has 18 heavy (non-hydrogen) atoms. The van der Waals surface area contributed by atoms with Gasteiger partial charge in [0.2, 0.25) is 0 Å². The van der Waals surface area contributed by atoms with Gasteiger partial charge in [0, 0.05) is 20.2 Å². The van der Waals surface area contributed by atoms with Crippen LogP contribution < -0.4 is 4.90 Å². The van der Waals surface area contributed by atoms with E-state index in [1.165, 1.54) is 6.07 Å². The molecule has 0 amide bonds. The number of hydrogen-bond acceptors (Lipinski definition) is 4. The number of carboxylic acids is 1. The molecule has 1 atom stereocenters. The number of ether oxygens (including phenoxy) is 1. The van der Waals surface area contributed by atoms with Crippen LogP contribution in [0.3, 0.4) is 0 Å². The summed E-state index contributed by atoms with van der Waals surface area (Å²) in [6.07, 6.45) is 2.03. The first-order valence-corrected chi connectivity index (χ1v) is 6.04. The van der Waals surface area contributed by atoms with Crippen molar-refractivity contribution in [3.8, 4) is 0 Å². The molecule has 1 aromatic rings. The minimum absolute atomic E-state index is 0.0807. The molecule has 2 heterocycles. The maximum Gasteiger partial charge on any atom is 0.354 e. The third kappa shape index (κ3) is 2.61. The Balaban J connectivity index is 2.21. The third-order valence-electron chi connectivity index (χ3n) is 3.43. The number of carbonyl (C=O) groups is 1. The molecule has 5 nitrogen and oxygen atoms in total. The van der Waals surface area contributed by atoms with Crippen LogP contribution in [-0.4, -0.2) is 41.9 Å². The summed E-state index contributed by atoms with van der Waals surface area (Å²) in [5.74, 6) is -0.291. The molecule has 0 spiro atoms. The van der Waals surface area contributed by atoms with E-state index in [0.29, 0.717) is 5.82 Å². The lowest BCUT2D eigenvalue weighted by Crippen LogP contribution is -2.47. The summed E-state index contributed by atoms with van der Waals surface area (Å²) in [4.78, 5) is 17.2. The monoisotopic (exact) mass is 250 g/mol. The second kappa shape index (κ2) is 4.94. The van der Waals surface area contributed by atoms with E-state index in [2.05, 4.69) is 16.8 Å². The van der Waals surface area contributed by atoms with Crippen molar-refractivity contribution >= 4 is 11.8 Å². The summed E-state index contributed by atoms with van der Waals surface area (Å²) in [5, 5.41) is 8.95. The Morgan fingerprint density at radius 3 is 3.00 bits per heavy atom. The van der Waals surface area contributed by atoms with Gasteiger partial charge in [0.05, 0.1) is 5.60 Å². The zero-order chi connectivity index (χ0) is 13.2. The van der Waals surface area contributed by atoms with Gasteiger partial charge in [0.15, 0.2) is 5.69 Å². The van der Waals surface area contributed by atoms with Gasteiger partial charge < -0.3 is 14.7 Å². The average molecular weight is 250 g/mol. The van der Waals surface area contributed by atoms with Gasteiger partial charge in [-0.2, -0.15) is 0 Å². The fourth-order valence-corrected chi connectivity index (χ4v) is 2.29. The highest BCUT2D eigenvalue weighted by atomic mass is 16.5. The number of carboxylic acid groups (broad SMARTS) is 1. The summed E-state index contributed by atoms with van der Waals surface area (Å²) >= 11 is 0. The molecule has 98 valence electrons. The second-order valence-corrected chi connectivity index (χ2v) is 4.87. The van der Waals surface area contributed by atoms with Crippen molar-refractivity contribution in [2.24, 2.45) is 0 Å². The highest BCUT2D eigenvalue weighted by Crippen LogP contribution is 2.27. The highest BCUT2D eigenvalue weighted by Gasteiger charge is 2.31. The molecule has 5 heteroatoms. The van der Waals surface area contributed by atoms with E-state index >= 15 is 0 Å². The number of anilines is 1. The summed E-state index contributed by atoms with van der Waals surface area (Å²) in [7, 11) is 1.71. The standard InChI is InChI=1S/C13H18N2O3/c1-13(18-2)7-4-8-15(9-13)11-6-3-5-10(14-11)12(16)17/h3,5-6H,4,7-9H2,1-2H3,(H,16,17). The van der Waals surface area contributed by atoms with E-state index in [-0.39, 0.29) is 11.3 Å². The zero-order valence-corrected chi connectivity index (χ0v) is 10.7. The Hall–Kier alpha value is -1.62. The number of hydrogen-bond donors (Lipinski definition) is 1. The average Bonchev–Trinajstić information content (AvgIpc) is 2.39. The number of nitrogens with zero attached hydrogens (tertiary/aromatic N) is 2. The summed E-state index contributed by atoms with van der Waals surface area (Å²) in [5.41, 5.74) is -0.101. The van der Waals surface area contributed by atoms with Crippen molar-refractivity contribution in [2.45, 2.75) is 25.4 Å². The van der Waals surface area contributed by atoms with Crippen LogP contribution in [0.1, 0.15) is 30.3 Å². The van der Waals surface area contributed by atoms with E-state index in [1.807, 2.05) is 6.07 Å². The van der Waals surface area contributed by atoms with Gasteiger partial charge in [-0.25, -0.2) is 9.78 Å². The van der Waals surface area contributed by atoms with Crippen LogP contribution in [0.25, 0.3) is 0 Å². The van der Waals surface area contributed by atoms with Gasteiger partial charge in [-0.15, -0.1) is 0 Å². The molecule has 0 aromatic carbocycles. The number of piperidine rings is 1. The Labute approximate surface area is 106 Å². The lowest BCUT2D eigenvalue weighted by atomic mass is 9.95. The predicted molar refractivity (Wildman–Crippen MR) is 68.1 cm³/mol. The Morgan fingerprint density at radius 1 is 1.56 bits per heavy atom. The van der Waals surface area contributed by atoms with Crippen molar-refractivity contribution in [2.75, 3.05) is 25.1 Å². The minimum Gasteiger partial charge on any atom is -0.477 e. The molecule has 1 saturated heterocycles. The molecule has 0 aliphatic carbocycles. The number of aromatic carboxylic acids is 1. The van der Waals surface area contributed by atoms with E-state index in [4.69, 9.17) is 9.84 Å². The topological polar surface area (TPSA) is 62.7 Å². The molecule has 1 N–H and O–H groups in total. The van der Waals surface area contributed by atoms with Crippen LogP contribution in [0, 0.1) is 0 Å². The Kier molecular flexibility index (Phi) is 3.52. The van der Waals surface area contributed by atoms with Crippen LogP contribution >= 0.6 is 0 Å². The first kappa shape index (κ1) is 12.8. The van der Waals surface area contributed by atoms with Crippen molar-refractivity contribution < 1.29 is 14.6 Å². The molecule has 1 aromatic heterocycles. The molecule has 1 aliphatic rings. The molecule has 1 unspecified atom stereocenters. The van der Waals surface area contributed by atoms with E-state index < -0.39 is 5.97 Å². The van der Waals surface area contributed by atoms with Crippen molar-refractivity contribution in [1.82, 2.24) is 4.98 Å². The van der Waals surface area contributed by atoms with Crippen LogP contribution in [0.5, 0.6) is 0 Å². The van der Waals surface area contributed by atoms with Crippen LogP contribution in [0.4, 0.5) is 5.82 Å². The minimum atomic E-state index is -0.997. The van der Waals surface area contributed by atoms with Gasteiger partial charge in [0.1, 0.15) is 5.82 Å². The zero-order valence-electron chi connectivity index (χ0n) is 10.7. The van der Waals surface area contributed by atoms with E-state index in [1.54, 1.807) is 13.2 Å². The number of pyridine rings is 1. The smallest absolute Gasteiger partial charge is 0.354 e. The first-order chi connectivity index (χ1) is 8.54. The molecule has 0 saturated carbocycles. The molecule has 2 rings (SSSR count). The highest BCUT2D eigenvalue weighted by molar-refractivity contribution is 5.85. The summed E-state index contributed by atoms with van der Waals surface area (Å²) in [6.45, 7) is 3.69. The molecule has 0 bridgehead atoms. The van der Waals surface area contributed by atoms with Crippen LogP contribution in [0.15, 0.2) is 18.2 Å². The van der Waals surface area contributed by atoms with Crippen molar-refractivity contribution in [3.63, 3.8) is 0 Å². The van der Waals surface area contributed by atoms with Gasteiger partial charge in [-0.3, -0.25) is 0 Å². The molecular weight excluding hydrogens is 232 g/mol. The summed E-state index contributed by atoms with van der Waals surface area (Å²) < 4.78 is 5.52. The number of methoxy groups -OCH3 is 1. The fraction of sp³-hybridized carbons (Fsp3) is 0.538. The van der Waals surface area contributed by atoms with E-state index in [0.717, 1.165) is 25.9 Å².